The van der Waals surface area contributed by atoms with Crippen molar-refractivity contribution in [2.45, 2.75) is 26.4 Å². The smallest absolute Gasteiger partial charge is 0.268 e. The second-order valence-electron chi connectivity index (χ2n) is 6.08. The van der Waals surface area contributed by atoms with Gasteiger partial charge in [-0.1, -0.05) is 18.2 Å². The summed E-state index contributed by atoms with van der Waals surface area (Å²) >= 11 is 0. The summed E-state index contributed by atoms with van der Waals surface area (Å²) in [5, 5.41) is 3.03. The number of rotatable bonds is 6. The molecule has 3 rings (SSSR count). The van der Waals surface area contributed by atoms with Crippen LogP contribution in [0.25, 0.3) is 11.1 Å². The van der Waals surface area contributed by atoms with Gasteiger partial charge in [-0.15, -0.1) is 0 Å². The molecule has 0 saturated heterocycles. The molecule has 5 heteroatoms. The first kappa shape index (κ1) is 17.7. The number of methoxy groups -OCH3 is 1. The van der Waals surface area contributed by atoms with Crippen LogP contribution >= 0.6 is 0 Å². The Labute approximate surface area is 153 Å². The van der Waals surface area contributed by atoms with Gasteiger partial charge in [-0.2, -0.15) is 0 Å². The van der Waals surface area contributed by atoms with E-state index in [2.05, 4.69) is 10.3 Å². The molecule has 0 spiro atoms. The summed E-state index contributed by atoms with van der Waals surface area (Å²) in [5.41, 5.74) is 3.53. The number of ether oxygens (including phenoxy) is 1. The monoisotopic (exact) mass is 349 g/mol. The minimum absolute atomic E-state index is 0.107. The molecule has 0 aliphatic rings. The van der Waals surface area contributed by atoms with E-state index in [4.69, 9.17) is 4.74 Å². The van der Waals surface area contributed by atoms with Gasteiger partial charge in [-0.05, 0) is 49.7 Å². The van der Waals surface area contributed by atoms with Crippen LogP contribution in [0.4, 0.5) is 0 Å². The average molecular weight is 349 g/mol. The van der Waals surface area contributed by atoms with Crippen LogP contribution in [0.15, 0.2) is 60.9 Å². The van der Waals surface area contributed by atoms with Crippen molar-refractivity contribution in [1.82, 2.24) is 14.9 Å². The second kappa shape index (κ2) is 7.87. The van der Waals surface area contributed by atoms with E-state index < -0.39 is 0 Å². The predicted molar refractivity (Wildman–Crippen MR) is 102 cm³/mol. The molecule has 1 atom stereocenters. The zero-order valence-corrected chi connectivity index (χ0v) is 15.3. The highest BCUT2D eigenvalue weighted by Crippen LogP contribution is 2.25. The Bertz CT molecular complexity index is 870. The van der Waals surface area contributed by atoms with Crippen LogP contribution in [-0.4, -0.2) is 22.6 Å². The quantitative estimate of drug-likeness (QED) is 0.730. The molecule has 2 aromatic heterocycles. The van der Waals surface area contributed by atoms with Crippen molar-refractivity contribution < 1.29 is 9.53 Å². The summed E-state index contributed by atoms with van der Waals surface area (Å²) in [7, 11) is 1.65. The summed E-state index contributed by atoms with van der Waals surface area (Å²) in [5.74, 6) is 0.704. The van der Waals surface area contributed by atoms with Gasteiger partial charge in [0.1, 0.15) is 11.4 Å². The Balaban J connectivity index is 1.82. The normalized spacial score (nSPS) is 11.8. The molecule has 1 N–H and O–H groups in total. The molecule has 3 aromatic rings. The predicted octanol–water partition coefficient (Wildman–Crippen LogP) is 4.07. The number of hydrogen-bond acceptors (Lipinski definition) is 3. The number of pyridine rings is 1. The number of aromatic nitrogens is 2. The first-order valence-corrected chi connectivity index (χ1v) is 8.68. The Kier molecular flexibility index (Phi) is 5.37. The number of hydrogen-bond donors (Lipinski definition) is 1. The van der Waals surface area contributed by atoms with Crippen LogP contribution < -0.4 is 10.1 Å². The maximum absolute atomic E-state index is 12.8. The van der Waals surface area contributed by atoms with E-state index in [0.29, 0.717) is 5.69 Å². The maximum atomic E-state index is 12.8. The molecule has 0 radical (unpaired) electrons. The third-order valence-electron chi connectivity index (χ3n) is 4.37. The minimum atomic E-state index is -0.159. The van der Waals surface area contributed by atoms with Crippen molar-refractivity contribution in [3.8, 4) is 16.9 Å². The highest BCUT2D eigenvalue weighted by molar-refractivity contribution is 5.94. The van der Waals surface area contributed by atoms with Gasteiger partial charge in [0.2, 0.25) is 0 Å². The van der Waals surface area contributed by atoms with Crippen LogP contribution in [-0.2, 0) is 6.54 Å². The Hall–Kier alpha value is -3.08. The first-order chi connectivity index (χ1) is 12.6. The Morgan fingerprint density at radius 1 is 1.19 bits per heavy atom. The minimum Gasteiger partial charge on any atom is -0.497 e. The lowest BCUT2D eigenvalue weighted by Crippen LogP contribution is -2.28. The molecular weight excluding hydrogens is 326 g/mol. The summed E-state index contributed by atoms with van der Waals surface area (Å²) in [6.45, 7) is 4.68. The van der Waals surface area contributed by atoms with Crippen molar-refractivity contribution in [2.24, 2.45) is 0 Å². The molecule has 0 unspecified atom stereocenters. The molecule has 0 aliphatic carbocycles. The lowest BCUT2D eigenvalue weighted by molar-refractivity contribution is 0.0930. The van der Waals surface area contributed by atoms with E-state index in [1.165, 1.54) is 0 Å². The number of nitrogens with zero attached hydrogens (tertiary/aromatic N) is 2. The molecule has 26 heavy (non-hydrogen) atoms. The molecule has 0 aliphatic heterocycles. The largest absolute Gasteiger partial charge is 0.497 e. The fourth-order valence-electron chi connectivity index (χ4n) is 2.88. The van der Waals surface area contributed by atoms with Crippen molar-refractivity contribution in [3.63, 3.8) is 0 Å². The van der Waals surface area contributed by atoms with E-state index >= 15 is 0 Å². The van der Waals surface area contributed by atoms with Crippen molar-refractivity contribution in [3.05, 3.63) is 72.3 Å². The van der Waals surface area contributed by atoms with Gasteiger partial charge in [-0.25, -0.2) is 0 Å². The summed E-state index contributed by atoms with van der Waals surface area (Å²) in [4.78, 5) is 17.1. The highest BCUT2D eigenvalue weighted by Gasteiger charge is 2.17. The van der Waals surface area contributed by atoms with Gasteiger partial charge >= 0.3 is 0 Å². The number of amides is 1. The third kappa shape index (κ3) is 3.77. The SMILES string of the molecule is CCn1cc(-c2ccc(OC)cc2)cc1C(=O)N[C@@H](C)c1ccccn1. The maximum Gasteiger partial charge on any atom is 0.268 e. The van der Waals surface area contributed by atoms with E-state index in [-0.39, 0.29) is 11.9 Å². The fraction of sp³-hybridized carbons (Fsp3) is 0.238. The lowest BCUT2D eigenvalue weighted by atomic mass is 10.1. The Morgan fingerprint density at radius 2 is 1.96 bits per heavy atom. The summed E-state index contributed by atoms with van der Waals surface area (Å²) in [6, 6.07) is 15.3. The van der Waals surface area contributed by atoms with E-state index in [9.17, 15) is 4.79 Å². The van der Waals surface area contributed by atoms with Crippen LogP contribution in [0.1, 0.15) is 36.1 Å². The number of aryl methyl sites for hydroxylation is 1. The molecular formula is C21H23N3O2. The zero-order chi connectivity index (χ0) is 18.5. The van der Waals surface area contributed by atoms with Gasteiger partial charge in [-0.3, -0.25) is 9.78 Å². The summed E-state index contributed by atoms with van der Waals surface area (Å²) < 4.78 is 7.16. The topological polar surface area (TPSA) is 56.1 Å². The average Bonchev–Trinajstić information content (AvgIpc) is 3.13. The van der Waals surface area contributed by atoms with Crippen molar-refractivity contribution in [1.29, 1.82) is 0 Å². The molecule has 1 aromatic carbocycles. The number of carbonyl (C=O) groups excluding carboxylic acids is 1. The number of nitrogens with one attached hydrogen (secondary N) is 1. The molecule has 2 heterocycles. The molecule has 0 bridgehead atoms. The van der Waals surface area contributed by atoms with E-state index in [0.717, 1.165) is 29.1 Å². The molecule has 1 amide bonds. The summed E-state index contributed by atoms with van der Waals surface area (Å²) in [6.07, 6.45) is 3.73. The van der Waals surface area contributed by atoms with Crippen LogP contribution in [0.5, 0.6) is 5.75 Å². The van der Waals surface area contributed by atoms with Gasteiger partial charge < -0.3 is 14.6 Å². The van der Waals surface area contributed by atoms with Crippen molar-refractivity contribution >= 4 is 5.91 Å². The molecule has 0 saturated carbocycles. The Morgan fingerprint density at radius 3 is 2.58 bits per heavy atom. The third-order valence-corrected chi connectivity index (χ3v) is 4.37. The fourth-order valence-corrected chi connectivity index (χ4v) is 2.88. The molecule has 0 fully saturated rings. The van der Waals surface area contributed by atoms with Gasteiger partial charge in [0.05, 0.1) is 18.8 Å². The van der Waals surface area contributed by atoms with Crippen LogP contribution in [0, 0.1) is 0 Å². The highest BCUT2D eigenvalue weighted by atomic mass is 16.5. The second-order valence-corrected chi connectivity index (χ2v) is 6.08. The lowest BCUT2D eigenvalue weighted by Gasteiger charge is -2.14. The van der Waals surface area contributed by atoms with Gasteiger partial charge in [0.15, 0.2) is 0 Å². The van der Waals surface area contributed by atoms with Crippen LogP contribution in [0.2, 0.25) is 0 Å². The standard InChI is InChI=1S/C21H23N3O2/c1-4-24-14-17(16-8-10-18(26-3)11-9-16)13-20(24)21(25)23-15(2)19-7-5-6-12-22-19/h5-15H,4H2,1-3H3,(H,23,25)/t15-/m0/s1. The first-order valence-electron chi connectivity index (χ1n) is 8.68. The van der Waals surface area contributed by atoms with Crippen molar-refractivity contribution in [2.75, 3.05) is 7.11 Å². The number of carbonyl (C=O) groups is 1. The van der Waals surface area contributed by atoms with Gasteiger partial charge in [0.25, 0.3) is 5.91 Å². The molecule has 5 nitrogen and oxygen atoms in total. The van der Waals surface area contributed by atoms with E-state index in [1.54, 1.807) is 13.3 Å². The van der Waals surface area contributed by atoms with Gasteiger partial charge in [0, 0.05) is 24.5 Å². The number of benzene rings is 1. The van der Waals surface area contributed by atoms with Crippen LogP contribution in [0.3, 0.4) is 0 Å². The molecule has 134 valence electrons. The zero-order valence-electron chi connectivity index (χ0n) is 15.3. The van der Waals surface area contributed by atoms with E-state index in [1.807, 2.05) is 73.1 Å².